The summed E-state index contributed by atoms with van der Waals surface area (Å²) in [6, 6.07) is 30.7. The Kier molecular flexibility index (Phi) is 15.1. The maximum Gasteiger partial charge on any atom is 0.254 e. The molecule has 4 fully saturated rings. The summed E-state index contributed by atoms with van der Waals surface area (Å²) >= 11 is 0. The van der Waals surface area contributed by atoms with E-state index in [4.69, 9.17) is 0 Å². The van der Waals surface area contributed by atoms with Crippen LogP contribution in [-0.4, -0.2) is 153 Å². The first-order valence-corrected chi connectivity index (χ1v) is 28.2. The molecule has 0 spiro atoms. The molecule has 10 aliphatic rings. The number of benzene rings is 4. The van der Waals surface area contributed by atoms with Crippen LogP contribution in [0.25, 0.3) is 0 Å². The normalized spacial score (nSPS) is 24.6. The molecule has 8 aliphatic heterocycles. The van der Waals surface area contributed by atoms with Gasteiger partial charge in [-0.05, 0) is 157 Å². The second kappa shape index (κ2) is 22.1. The molecule has 2 atom stereocenters. The number of hydrogen-bond donors (Lipinski definition) is 2. The number of carbonyl (C=O) groups excluding carboxylic acids is 4. The highest BCUT2D eigenvalue weighted by molar-refractivity contribution is 5.98. The number of aliphatic hydroxyl groups excluding tert-OH is 2. The van der Waals surface area contributed by atoms with Crippen LogP contribution in [0.15, 0.2) is 84.9 Å². The Morgan fingerprint density at radius 3 is 1.27 bits per heavy atom. The van der Waals surface area contributed by atoms with Crippen LogP contribution in [0, 0.1) is 11.8 Å². The minimum Gasteiger partial charge on any atom is -0.390 e. The molecule has 74 heavy (non-hydrogen) atoms. The average molecular weight is 1000 g/mol. The molecule has 0 aromatic heterocycles. The quantitative estimate of drug-likeness (QED) is 0.153. The number of amides is 4. The fourth-order valence-electron chi connectivity index (χ4n) is 14.0. The number of piperidine rings is 2. The molecule has 12 heteroatoms. The van der Waals surface area contributed by atoms with E-state index in [2.05, 4.69) is 94.7 Å². The van der Waals surface area contributed by atoms with Crippen molar-refractivity contribution in [2.24, 2.45) is 11.8 Å². The molecule has 4 aromatic rings. The smallest absolute Gasteiger partial charge is 0.254 e. The number of β-amino-alcohol motifs (C(OH)–C–C–N with tert-alkyl or cyclic N) is 2. The molecule has 4 amide bonds. The molecule has 0 unspecified atom stereocenters. The summed E-state index contributed by atoms with van der Waals surface area (Å²) in [7, 11) is 0. The first-order valence-electron chi connectivity index (χ1n) is 28.2. The Balaban J connectivity index is 0.000000159. The van der Waals surface area contributed by atoms with Gasteiger partial charge in [0.05, 0.1) is 12.2 Å². The van der Waals surface area contributed by atoms with E-state index >= 15 is 0 Å². The van der Waals surface area contributed by atoms with E-state index in [9.17, 15) is 29.4 Å². The minimum atomic E-state index is -0.551. The molecule has 2 N–H and O–H groups in total. The first kappa shape index (κ1) is 50.7. The van der Waals surface area contributed by atoms with Gasteiger partial charge in [0.15, 0.2) is 0 Å². The molecule has 0 radical (unpaired) electrons. The highest BCUT2D eigenvalue weighted by Gasteiger charge is 2.45. The predicted molar refractivity (Wildman–Crippen MR) is 287 cm³/mol. The zero-order valence-corrected chi connectivity index (χ0v) is 43.9. The third-order valence-electron chi connectivity index (χ3n) is 18.5. The molecule has 4 aromatic carbocycles. The molecule has 2 saturated heterocycles. The SMILES string of the molecule is CC(=O)N1CCC(Cc2ccc3c(c2)C(=O)N(C[C@@H](O)CN2CCc4ccccc4C2)C2CC3C2)CC1.CC(=O)N1CCC(Cc2ccc3c(c2)C(=O)N(C[C@H](O)CN2CCc4ccccc4C2)C2CC3C2)CC1. The summed E-state index contributed by atoms with van der Waals surface area (Å²) in [5.74, 6) is 2.54. The highest BCUT2D eigenvalue weighted by Crippen LogP contribution is 2.47. The highest BCUT2D eigenvalue weighted by atomic mass is 16.3. The Morgan fingerprint density at radius 1 is 0.514 bits per heavy atom. The van der Waals surface area contributed by atoms with Crippen molar-refractivity contribution in [1.82, 2.24) is 29.4 Å². The number of nitrogens with zero attached hydrogens (tertiary/aromatic N) is 6. The van der Waals surface area contributed by atoms with Gasteiger partial charge in [-0.25, -0.2) is 0 Å². The molecular formula is C62H78N6O6. The van der Waals surface area contributed by atoms with Crippen molar-refractivity contribution in [3.63, 3.8) is 0 Å². The van der Waals surface area contributed by atoms with Crippen molar-refractivity contribution >= 4 is 23.6 Å². The van der Waals surface area contributed by atoms with E-state index in [0.717, 1.165) is 141 Å². The Morgan fingerprint density at radius 2 is 0.892 bits per heavy atom. The lowest BCUT2D eigenvalue weighted by molar-refractivity contribution is -0.131. The number of fused-ring (bicyclic) bond motifs is 4. The summed E-state index contributed by atoms with van der Waals surface area (Å²) in [5.41, 5.74) is 12.1. The number of carbonyl (C=O) groups is 4. The maximum atomic E-state index is 13.8. The Hall–Kier alpha value is -5.40. The zero-order chi connectivity index (χ0) is 51.0. The third-order valence-corrected chi connectivity index (χ3v) is 18.5. The molecular weight excluding hydrogens is 925 g/mol. The second-order valence-corrected chi connectivity index (χ2v) is 23.5. The van der Waals surface area contributed by atoms with Crippen molar-refractivity contribution in [2.75, 3.05) is 65.4 Å². The van der Waals surface area contributed by atoms with Crippen molar-refractivity contribution in [2.45, 2.75) is 140 Å². The van der Waals surface area contributed by atoms with Gasteiger partial charge in [-0.2, -0.15) is 0 Å². The van der Waals surface area contributed by atoms with Crippen LogP contribution in [0.4, 0.5) is 0 Å². The lowest BCUT2D eigenvalue weighted by atomic mass is 9.75. The number of aliphatic hydroxyl groups is 2. The number of likely N-dealkylation sites (tertiary alicyclic amines) is 2. The van der Waals surface area contributed by atoms with Crippen LogP contribution in [0.3, 0.4) is 0 Å². The molecule has 392 valence electrons. The van der Waals surface area contributed by atoms with Gasteiger partial charge in [-0.15, -0.1) is 0 Å². The van der Waals surface area contributed by atoms with Crippen LogP contribution < -0.4 is 0 Å². The van der Waals surface area contributed by atoms with Crippen LogP contribution in [0.1, 0.15) is 142 Å². The van der Waals surface area contributed by atoms with Gasteiger partial charge in [0.1, 0.15) is 0 Å². The van der Waals surface area contributed by atoms with Crippen molar-refractivity contribution < 1.29 is 29.4 Å². The molecule has 8 heterocycles. The zero-order valence-electron chi connectivity index (χ0n) is 43.9. The minimum absolute atomic E-state index is 0.0938. The molecule has 2 aliphatic carbocycles. The van der Waals surface area contributed by atoms with Gasteiger partial charge < -0.3 is 29.8 Å². The van der Waals surface area contributed by atoms with E-state index in [1.54, 1.807) is 13.8 Å². The van der Waals surface area contributed by atoms with Crippen LogP contribution in [0.2, 0.25) is 0 Å². The first-order chi connectivity index (χ1) is 35.9. The molecule has 4 bridgehead atoms. The maximum absolute atomic E-state index is 13.8. The van der Waals surface area contributed by atoms with E-state index in [0.29, 0.717) is 49.9 Å². The van der Waals surface area contributed by atoms with E-state index in [-0.39, 0.29) is 35.7 Å². The van der Waals surface area contributed by atoms with E-state index in [1.807, 2.05) is 19.6 Å². The fraction of sp³-hybridized carbons (Fsp3) is 0.548. The lowest BCUT2D eigenvalue weighted by Crippen LogP contribution is -2.49. The average Bonchev–Trinajstić information content (AvgIpc) is 3.67. The van der Waals surface area contributed by atoms with Crippen LogP contribution in [0.5, 0.6) is 0 Å². The van der Waals surface area contributed by atoms with Gasteiger partial charge in [0.2, 0.25) is 11.8 Å². The third kappa shape index (κ3) is 11.1. The number of hydrogen-bond acceptors (Lipinski definition) is 8. The summed E-state index contributed by atoms with van der Waals surface area (Å²) < 4.78 is 0. The van der Waals surface area contributed by atoms with Gasteiger partial charge in [-0.1, -0.05) is 72.8 Å². The van der Waals surface area contributed by atoms with E-state index in [1.165, 1.54) is 44.5 Å². The summed E-state index contributed by atoms with van der Waals surface area (Å²) in [6.07, 6.45) is 11.0. The summed E-state index contributed by atoms with van der Waals surface area (Å²) in [4.78, 5) is 63.4. The van der Waals surface area contributed by atoms with Crippen molar-refractivity contribution in [3.05, 3.63) is 141 Å². The van der Waals surface area contributed by atoms with Gasteiger partial charge in [0, 0.05) is 116 Å². The van der Waals surface area contributed by atoms with E-state index < -0.39 is 12.2 Å². The van der Waals surface area contributed by atoms with Crippen LogP contribution in [-0.2, 0) is 48.4 Å². The van der Waals surface area contributed by atoms with Crippen molar-refractivity contribution in [3.8, 4) is 0 Å². The van der Waals surface area contributed by atoms with Crippen molar-refractivity contribution in [1.29, 1.82) is 0 Å². The number of rotatable bonds is 12. The second-order valence-electron chi connectivity index (χ2n) is 23.5. The molecule has 14 rings (SSSR count). The largest absolute Gasteiger partial charge is 0.390 e. The molecule has 12 nitrogen and oxygen atoms in total. The Bertz CT molecular complexity index is 2520. The summed E-state index contributed by atoms with van der Waals surface area (Å²) in [5, 5.41) is 22.1. The fourth-order valence-corrected chi connectivity index (χ4v) is 14.0. The topological polar surface area (TPSA) is 128 Å². The van der Waals surface area contributed by atoms with Gasteiger partial charge in [-0.3, -0.25) is 29.0 Å². The lowest BCUT2D eigenvalue weighted by Gasteiger charge is -2.41. The van der Waals surface area contributed by atoms with Crippen LogP contribution >= 0.6 is 0 Å². The molecule has 2 saturated carbocycles. The Labute approximate surface area is 438 Å². The monoisotopic (exact) mass is 1000 g/mol. The summed E-state index contributed by atoms with van der Waals surface area (Å²) in [6.45, 7) is 12.3. The predicted octanol–water partition coefficient (Wildman–Crippen LogP) is 7.22. The standard InChI is InChI=1S/2C31H39N3O3/c2*1-21(35)33-12-8-22(9-13-33)14-23-6-7-29-26-16-27(17-26)34(31(37)30(29)15-23)20-28(36)19-32-11-10-24-4-2-3-5-25(24)18-32/h2*2-7,15,22,26-28,36H,8-14,16-20H2,1H3/t2*26?,27?,28-/m10/s1. The van der Waals surface area contributed by atoms with Gasteiger partial charge in [0.25, 0.3) is 11.8 Å². The van der Waals surface area contributed by atoms with Gasteiger partial charge >= 0.3 is 0 Å².